The van der Waals surface area contributed by atoms with E-state index in [0.29, 0.717) is 28.3 Å². The van der Waals surface area contributed by atoms with Crippen molar-refractivity contribution in [3.05, 3.63) is 93.6 Å². The molecular formula is C30H30ClN3O4S. The predicted octanol–water partition coefficient (Wildman–Crippen LogP) is 5.62. The third-order valence-corrected chi connectivity index (χ3v) is 10.1. The highest BCUT2D eigenvalue weighted by Crippen LogP contribution is 2.34. The Kier molecular flexibility index (Phi) is 7.13. The van der Waals surface area contributed by atoms with Gasteiger partial charge < -0.3 is 4.98 Å². The van der Waals surface area contributed by atoms with Crippen LogP contribution in [0.4, 0.5) is 5.69 Å². The number of hydrogen-bond donors (Lipinski definition) is 1. The minimum atomic E-state index is -4.16. The van der Waals surface area contributed by atoms with Crippen LogP contribution in [0, 0.1) is 27.7 Å². The van der Waals surface area contributed by atoms with E-state index in [0.717, 1.165) is 32.5 Å². The summed E-state index contributed by atoms with van der Waals surface area (Å²) in [5.74, 6) is -1.02. The Hall–Kier alpha value is -3.46. The molecule has 7 nitrogen and oxygen atoms in total. The highest BCUT2D eigenvalue weighted by atomic mass is 35.5. The first-order valence-electron chi connectivity index (χ1n) is 12.8. The SMILES string of the molecule is Cc1cc(C)c(C)c(S(=O)(=O)N(CCc2c[nH]c3ccccc23)C2CC(=O)N(c3ccc(Cl)cc3)C2=O)c1C. The fourth-order valence-electron chi connectivity index (χ4n) is 5.40. The lowest BCUT2D eigenvalue weighted by Gasteiger charge is -2.29. The number of halogens is 1. The Morgan fingerprint density at radius 2 is 1.62 bits per heavy atom. The van der Waals surface area contributed by atoms with Gasteiger partial charge in [0.15, 0.2) is 0 Å². The molecule has 0 radical (unpaired) electrons. The first kappa shape index (κ1) is 27.1. The number of imide groups is 1. The summed E-state index contributed by atoms with van der Waals surface area (Å²) < 4.78 is 30.1. The molecule has 202 valence electrons. The lowest BCUT2D eigenvalue weighted by molar-refractivity contribution is -0.122. The van der Waals surface area contributed by atoms with Crippen LogP contribution < -0.4 is 4.90 Å². The summed E-state index contributed by atoms with van der Waals surface area (Å²) >= 11 is 6.01. The molecule has 0 bridgehead atoms. The number of para-hydroxylation sites is 1. The first-order chi connectivity index (χ1) is 18.5. The van der Waals surface area contributed by atoms with Gasteiger partial charge in [-0.25, -0.2) is 13.3 Å². The topological polar surface area (TPSA) is 90.6 Å². The molecule has 9 heteroatoms. The van der Waals surface area contributed by atoms with Gasteiger partial charge in [0.05, 0.1) is 17.0 Å². The van der Waals surface area contributed by atoms with E-state index < -0.39 is 27.9 Å². The number of benzene rings is 3. The maximum absolute atomic E-state index is 14.4. The van der Waals surface area contributed by atoms with Gasteiger partial charge in [-0.2, -0.15) is 4.31 Å². The van der Waals surface area contributed by atoms with Crippen LogP contribution in [0.5, 0.6) is 0 Å². The first-order valence-corrected chi connectivity index (χ1v) is 14.6. The second-order valence-corrected chi connectivity index (χ2v) is 12.3. The standard InChI is InChI=1S/C30H30ClN3O4S/c1-18-15-19(2)21(4)29(20(18)3)39(37,38)33(14-13-22-17-32-26-8-6-5-7-25(22)26)27-16-28(35)34(30(27)36)24-11-9-23(31)10-12-24/h5-12,15,17,27,32H,13-14,16H2,1-4H3. The Balaban J connectivity index is 1.59. The molecule has 0 saturated carbocycles. The molecule has 1 aromatic heterocycles. The van der Waals surface area contributed by atoms with E-state index in [4.69, 9.17) is 11.6 Å². The van der Waals surface area contributed by atoms with Crippen molar-refractivity contribution in [3.63, 3.8) is 0 Å². The molecule has 1 aliphatic rings. The van der Waals surface area contributed by atoms with Crippen LogP contribution in [-0.2, 0) is 26.0 Å². The van der Waals surface area contributed by atoms with Gasteiger partial charge in [-0.1, -0.05) is 35.9 Å². The molecule has 1 atom stereocenters. The number of carbonyl (C=O) groups is 2. The van der Waals surface area contributed by atoms with Gasteiger partial charge in [0, 0.05) is 28.7 Å². The number of hydrogen-bond acceptors (Lipinski definition) is 4. The average Bonchev–Trinajstić information content (AvgIpc) is 3.43. The molecule has 3 aromatic carbocycles. The molecule has 1 saturated heterocycles. The van der Waals surface area contributed by atoms with Crippen molar-refractivity contribution < 1.29 is 18.0 Å². The predicted molar refractivity (Wildman–Crippen MR) is 154 cm³/mol. The largest absolute Gasteiger partial charge is 0.361 e. The van der Waals surface area contributed by atoms with Crippen molar-refractivity contribution in [1.82, 2.24) is 9.29 Å². The lowest BCUT2D eigenvalue weighted by atomic mass is 10.0. The fourth-order valence-corrected chi connectivity index (χ4v) is 7.69. The van der Waals surface area contributed by atoms with Crippen LogP contribution in [-0.4, -0.2) is 42.1 Å². The van der Waals surface area contributed by atoms with E-state index in [1.165, 1.54) is 4.31 Å². The van der Waals surface area contributed by atoms with Gasteiger partial charge in [0.2, 0.25) is 15.9 Å². The summed E-state index contributed by atoms with van der Waals surface area (Å²) in [5.41, 5.74) is 5.23. The molecule has 0 spiro atoms. The third-order valence-electron chi connectivity index (χ3n) is 7.70. The van der Waals surface area contributed by atoms with Crippen molar-refractivity contribution in [2.75, 3.05) is 11.4 Å². The maximum atomic E-state index is 14.4. The van der Waals surface area contributed by atoms with Gasteiger partial charge in [-0.3, -0.25) is 9.59 Å². The zero-order valence-corrected chi connectivity index (χ0v) is 23.9. The Morgan fingerprint density at radius 1 is 0.974 bits per heavy atom. The van der Waals surface area contributed by atoms with Crippen molar-refractivity contribution >= 4 is 50.0 Å². The van der Waals surface area contributed by atoms with Crippen molar-refractivity contribution in [3.8, 4) is 0 Å². The Bertz CT molecular complexity index is 1680. The summed E-state index contributed by atoms with van der Waals surface area (Å²) in [6.07, 6.45) is 1.99. The normalized spacial score (nSPS) is 16.2. The minimum Gasteiger partial charge on any atom is -0.361 e. The number of anilines is 1. The summed E-state index contributed by atoms with van der Waals surface area (Å²) in [6, 6.07) is 15.0. The number of aromatic nitrogens is 1. The number of H-pyrrole nitrogens is 1. The lowest BCUT2D eigenvalue weighted by Crippen LogP contribution is -2.46. The second kappa shape index (κ2) is 10.3. The summed E-state index contributed by atoms with van der Waals surface area (Å²) in [7, 11) is -4.16. The van der Waals surface area contributed by atoms with Crippen molar-refractivity contribution in [2.45, 2.75) is 51.5 Å². The number of aromatic amines is 1. The van der Waals surface area contributed by atoms with E-state index >= 15 is 0 Å². The molecular weight excluding hydrogens is 534 g/mol. The Labute approximate surface area is 233 Å². The zero-order chi connectivity index (χ0) is 28.1. The van der Waals surface area contributed by atoms with Gasteiger partial charge in [-0.05, 0) is 92.3 Å². The molecule has 1 unspecified atom stereocenters. The zero-order valence-electron chi connectivity index (χ0n) is 22.3. The second-order valence-electron chi connectivity index (χ2n) is 10.1. The number of fused-ring (bicyclic) bond motifs is 1. The van der Waals surface area contributed by atoms with Gasteiger partial charge in [-0.15, -0.1) is 0 Å². The van der Waals surface area contributed by atoms with E-state index in [1.807, 2.05) is 50.4 Å². The quantitative estimate of drug-likeness (QED) is 0.295. The summed E-state index contributed by atoms with van der Waals surface area (Å²) in [6.45, 7) is 7.36. The van der Waals surface area contributed by atoms with Crippen LogP contribution in [0.2, 0.25) is 5.02 Å². The number of rotatable bonds is 7. The van der Waals surface area contributed by atoms with Gasteiger partial charge in [0.1, 0.15) is 6.04 Å². The number of amides is 2. The highest BCUT2D eigenvalue weighted by Gasteiger charge is 2.47. The highest BCUT2D eigenvalue weighted by molar-refractivity contribution is 7.89. The van der Waals surface area contributed by atoms with E-state index in [9.17, 15) is 18.0 Å². The number of carbonyl (C=O) groups excluding carboxylic acids is 2. The average molecular weight is 564 g/mol. The number of nitrogens with zero attached hydrogens (tertiary/aromatic N) is 2. The Morgan fingerprint density at radius 3 is 2.28 bits per heavy atom. The smallest absolute Gasteiger partial charge is 0.252 e. The summed E-state index contributed by atoms with van der Waals surface area (Å²) in [5, 5.41) is 1.46. The van der Waals surface area contributed by atoms with Crippen LogP contribution in [0.15, 0.2) is 65.7 Å². The van der Waals surface area contributed by atoms with E-state index in [-0.39, 0.29) is 17.9 Å². The van der Waals surface area contributed by atoms with Gasteiger partial charge >= 0.3 is 0 Å². The number of sulfonamides is 1. The molecule has 5 rings (SSSR count). The molecule has 39 heavy (non-hydrogen) atoms. The van der Waals surface area contributed by atoms with E-state index in [1.54, 1.807) is 38.1 Å². The molecule has 2 amide bonds. The molecule has 1 fully saturated rings. The number of nitrogens with one attached hydrogen (secondary N) is 1. The van der Waals surface area contributed by atoms with Crippen LogP contribution >= 0.6 is 11.6 Å². The van der Waals surface area contributed by atoms with Crippen LogP contribution in [0.25, 0.3) is 10.9 Å². The van der Waals surface area contributed by atoms with Crippen molar-refractivity contribution in [1.29, 1.82) is 0 Å². The molecule has 4 aromatic rings. The molecule has 1 aliphatic heterocycles. The molecule has 2 heterocycles. The van der Waals surface area contributed by atoms with Crippen LogP contribution in [0.1, 0.15) is 34.2 Å². The molecule has 1 N–H and O–H groups in total. The molecule has 0 aliphatic carbocycles. The fraction of sp³-hybridized carbons (Fsp3) is 0.267. The minimum absolute atomic E-state index is 0.0359. The van der Waals surface area contributed by atoms with E-state index in [2.05, 4.69) is 4.98 Å². The third kappa shape index (κ3) is 4.77. The van der Waals surface area contributed by atoms with Gasteiger partial charge in [0.25, 0.3) is 5.91 Å². The van der Waals surface area contributed by atoms with Crippen LogP contribution in [0.3, 0.4) is 0 Å². The van der Waals surface area contributed by atoms with Crippen molar-refractivity contribution in [2.24, 2.45) is 0 Å². The maximum Gasteiger partial charge on any atom is 0.252 e. The number of aryl methyl sites for hydroxylation is 2. The summed E-state index contributed by atoms with van der Waals surface area (Å²) in [4.78, 5) is 31.4. The monoisotopic (exact) mass is 563 g/mol.